The van der Waals surface area contributed by atoms with Crippen molar-refractivity contribution >= 4 is 27.5 Å². The Morgan fingerprint density at radius 2 is 1.56 bits per heavy atom. The summed E-state index contributed by atoms with van der Waals surface area (Å²) < 4.78 is 26.3. The summed E-state index contributed by atoms with van der Waals surface area (Å²) in [7, 11) is -3.46. The number of carbonyl (C=O) groups excluding carboxylic acids is 1. The molecule has 2 aromatic carbocycles. The van der Waals surface area contributed by atoms with E-state index in [1.165, 1.54) is 4.31 Å². The maximum Gasteiger partial charge on any atom is 0.251 e. The third-order valence-electron chi connectivity index (χ3n) is 3.83. The lowest BCUT2D eigenvalue weighted by molar-refractivity contribution is 0.0951. The summed E-state index contributed by atoms with van der Waals surface area (Å²) in [5, 5.41) is 3.37. The van der Waals surface area contributed by atoms with Gasteiger partial charge in [0.15, 0.2) is 0 Å². The van der Waals surface area contributed by atoms with E-state index in [9.17, 15) is 13.2 Å². The molecule has 1 amide bonds. The molecule has 0 aliphatic carbocycles. The largest absolute Gasteiger partial charge is 0.348 e. The second-order valence-electron chi connectivity index (χ2n) is 5.42. The monoisotopic (exact) mass is 380 g/mol. The van der Waals surface area contributed by atoms with Gasteiger partial charge >= 0.3 is 0 Å². The Hall–Kier alpha value is -1.89. The van der Waals surface area contributed by atoms with Crippen LogP contribution in [0.15, 0.2) is 53.4 Å². The highest BCUT2D eigenvalue weighted by molar-refractivity contribution is 7.89. The van der Waals surface area contributed by atoms with Gasteiger partial charge in [-0.2, -0.15) is 4.31 Å². The van der Waals surface area contributed by atoms with Crippen molar-refractivity contribution in [2.45, 2.75) is 25.3 Å². The Morgan fingerprint density at radius 3 is 2.08 bits per heavy atom. The zero-order valence-electron chi connectivity index (χ0n) is 14.2. The second-order valence-corrected chi connectivity index (χ2v) is 7.80. The van der Waals surface area contributed by atoms with Crippen LogP contribution in [-0.4, -0.2) is 31.7 Å². The Bertz CT molecular complexity index is 814. The molecule has 0 aliphatic rings. The maximum absolute atomic E-state index is 12.4. The van der Waals surface area contributed by atoms with E-state index in [0.717, 1.165) is 5.56 Å². The number of hydrogen-bond acceptors (Lipinski definition) is 3. The van der Waals surface area contributed by atoms with Gasteiger partial charge < -0.3 is 5.32 Å². The SMILES string of the molecule is CCN(CC)S(=O)(=O)c1ccc(CNC(=O)c2ccc(Cl)cc2)cc1. The van der Waals surface area contributed by atoms with E-state index < -0.39 is 10.0 Å². The van der Waals surface area contributed by atoms with E-state index in [1.807, 2.05) is 13.8 Å². The average Bonchev–Trinajstić information content (AvgIpc) is 2.61. The lowest BCUT2D eigenvalue weighted by Gasteiger charge is -2.18. The summed E-state index contributed by atoms with van der Waals surface area (Å²) in [5.41, 5.74) is 1.34. The molecule has 2 rings (SSSR count). The van der Waals surface area contributed by atoms with Crippen molar-refractivity contribution in [2.24, 2.45) is 0 Å². The van der Waals surface area contributed by atoms with Crippen LogP contribution in [0.4, 0.5) is 0 Å². The highest BCUT2D eigenvalue weighted by Gasteiger charge is 2.21. The number of carbonyl (C=O) groups is 1. The third-order valence-corrected chi connectivity index (χ3v) is 6.14. The summed E-state index contributed by atoms with van der Waals surface area (Å²) in [6, 6.07) is 13.2. The highest BCUT2D eigenvalue weighted by atomic mass is 35.5. The van der Waals surface area contributed by atoms with Crippen molar-refractivity contribution in [3.05, 3.63) is 64.7 Å². The first-order chi connectivity index (χ1) is 11.9. The normalized spacial score (nSPS) is 11.5. The minimum atomic E-state index is -3.46. The van der Waals surface area contributed by atoms with Crippen LogP contribution in [0.25, 0.3) is 0 Å². The molecule has 0 aromatic heterocycles. The van der Waals surface area contributed by atoms with Crippen LogP contribution in [0.2, 0.25) is 5.02 Å². The van der Waals surface area contributed by atoms with Crippen LogP contribution in [0.5, 0.6) is 0 Å². The number of sulfonamides is 1. The Kier molecular flexibility index (Phi) is 6.58. The van der Waals surface area contributed by atoms with Gasteiger partial charge in [0.05, 0.1) is 4.90 Å². The van der Waals surface area contributed by atoms with Crippen LogP contribution < -0.4 is 5.32 Å². The van der Waals surface area contributed by atoms with Gasteiger partial charge in [-0.05, 0) is 42.0 Å². The molecule has 7 heteroatoms. The van der Waals surface area contributed by atoms with Gasteiger partial charge in [0.25, 0.3) is 5.91 Å². The van der Waals surface area contributed by atoms with Crippen molar-refractivity contribution in [3.8, 4) is 0 Å². The highest BCUT2D eigenvalue weighted by Crippen LogP contribution is 2.16. The number of rotatable bonds is 7. The van der Waals surface area contributed by atoms with Gasteiger partial charge in [-0.3, -0.25) is 4.79 Å². The molecule has 0 heterocycles. The second kappa shape index (κ2) is 8.47. The summed E-state index contributed by atoms with van der Waals surface area (Å²) in [6.07, 6.45) is 0. The molecule has 0 saturated carbocycles. The van der Waals surface area contributed by atoms with Crippen molar-refractivity contribution in [1.82, 2.24) is 9.62 Å². The zero-order valence-corrected chi connectivity index (χ0v) is 15.8. The van der Waals surface area contributed by atoms with E-state index in [2.05, 4.69) is 5.32 Å². The minimum Gasteiger partial charge on any atom is -0.348 e. The van der Waals surface area contributed by atoms with Crippen LogP contribution in [0.1, 0.15) is 29.8 Å². The molecule has 0 bridgehead atoms. The van der Waals surface area contributed by atoms with Crippen molar-refractivity contribution in [1.29, 1.82) is 0 Å². The molecule has 134 valence electrons. The molecule has 0 spiro atoms. The number of amides is 1. The smallest absolute Gasteiger partial charge is 0.251 e. The first-order valence-electron chi connectivity index (χ1n) is 8.01. The number of hydrogen-bond donors (Lipinski definition) is 1. The lowest BCUT2D eigenvalue weighted by Crippen LogP contribution is -2.30. The first-order valence-corrected chi connectivity index (χ1v) is 9.83. The molecule has 25 heavy (non-hydrogen) atoms. The molecular weight excluding hydrogens is 360 g/mol. The molecule has 0 aliphatic heterocycles. The summed E-state index contributed by atoms with van der Waals surface area (Å²) >= 11 is 5.80. The van der Waals surface area contributed by atoms with E-state index >= 15 is 0 Å². The molecule has 0 atom stereocenters. The fourth-order valence-corrected chi connectivity index (χ4v) is 3.96. The van der Waals surface area contributed by atoms with Gasteiger partial charge in [0.1, 0.15) is 0 Å². The van der Waals surface area contributed by atoms with Crippen molar-refractivity contribution < 1.29 is 13.2 Å². The predicted molar refractivity (Wildman–Crippen MR) is 99.2 cm³/mol. The van der Waals surface area contributed by atoms with Gasteiger partial charge in [0.2, 0.25) is 10.0 Å². The van der Waals surface area contributed by atoms with Gasteiger partial charge in [-0.1, -0.05) is 37.6 Å². The molecule has 0 saturated heterocycles. The van der Waals surface area contributed by atoms with Crippen LogP contribution in [-0.2, 0) is 16.6 Å². The molecule has 0 fully saturated rings. The maximum atomic E-state index is 12.4. The van der Waals surface area contributed by atoms with Gasteiger partial charge in [-0.15, -0.1) is 0 Å². The van der Waals surface area contributed by atoms with E-state index in [1.54, 1.807) is 48.5 Å². The van der Waals surface area contributed by atoms with Gasteiger partial charge in [0, 0.05) is 30.2 Å². The number of halogens is 1. The summed E-state index contributed by atoms with van der Waals surface area (Å²) in [5.74, 6) is -0.212. The average molecular weight is 381 g/mol. The standard InChI is InChI=1S/C18H21ClN2O3S/c1-3-21(4-2)25(23,24)17-11-5-14(6-12-17)13-20-18(22)15-7-9-16(19)10-8-15/h5-12H,3-4,13H2,1-2H3,(H,20,22). The minimum absolute atomic E-state index is 0.212. The van der Waals surface area contributed by atoms with Crippen molar-refractivity contribution in [2.75, 3.05) is 13.1 Å². The van der Waals surface area contributed by atoms with Gasteiger partial charge in [-0.25, -0.2) is 8.42 Å². The Labute approximate surface area is 153 Å². The predicted octanol–water partition coefficient (Wildman–Crippen LogP) is 3.30. The van der Waals surface area contributed by atoms with E-state index in [-0.39, 0.29) is 10.8 Å². The van der Waals surface area contributed by atoms with Crippen molar-refractivity contribution in [3.63, 3.8) is 0 Å². The fourth-order valence-electron chi connectivity index (χ4n) is 2.38. The fraction of sp³-hybridized carbons (Fsp3) is 0.278. The first kappa shape index (κ1) is 19.4. The lowest BCUT2D eigenvalue weighted by atomic mass is 10.2. The molecule has 2 aromatic rings. The third kappa shape index (κ3) is 4.81. The summed E-state index contributed by atoms with van der Waals surface area (Å²) in [4.78, 5) is 12.3. The van der Waals surface area contributed by atoms with Crippen LogP contribution in [0, 0.1) is 0 Å². The Morgan fingerprint density at radius 1 is 1.00 bits per heavy atom. The molecule has 5 nitrogen and oxygen atoms in total. The van der Waals surface area contributed by atoms with E-state index in [4.69, 9.17) is 11.6 Å². The van der Waals surface area contributed by atoms with Crippen LogP contribution >= 0.6 is 11.6 Å². The molecule has 0 unspecified atom stereocenters. The Balaban J connectivity index is 2.03. The number of nitrogens with one attached hydrogen (secondary N) is 1. The topological polar surface area (TPSA) is 66.5 Å². The molecule has 0 radical (unpaired) electrons. The molecular formula is C18H21ClN2O3S. The number of nitrogens with zero attached hydrogens (tertiary/aromatic N) is 1. The molecule has 1 N–H and O–H groups in total. The van der Waals surface area contributed by atoms with Crippen LogP contribution in [0.3, 0.4) is 0 Å². The summed E-state index contributed by atoms with van der Waals surface area (Å²) in [6.45, 7) is 4.78. The zero-order chi connectivity index (χ0) is 18.4. The quantitative estimate of drug-likeness (QED) is 0.801. The van der Waals surface area contributed by atoms with E-state index in [0.29, 0.717) is 30.2 Å². The number of benzene rings is 2.